The van der Waals surface area contributed by atoms with E-state index >= 15 is 0 Å². The fourth-order valence-electron chi connectivity index (χ4n) is 3.54. The molecule has 0 spiro atoms. The van der Waals surface area contributed by atoms with Crippen LogP contribution >= 0.6 is 0 Å². The molecule has 1 heteroatoms. The van der Waals surface area contributed by atoms with Gasteiger partial charge in [-0.1, -0.05) is 71.8 Å². The lowest BCUT2D eigenvalue weighted by molar-refractivity contribution is 0.440. The van der Waals surface area contributed by atoms with Gasteiger partial charge in [0, 0.05) is 0 Å². The van der Waals surface area contributed by atoms with Crippen molar-refractivity contribution in [1.29, 1.82) is 0 Å². The zero-order chi connectivity index (χ0) is 19.3. The summed E-state index contributed by atoms with van der Waals surface area (Å²) in [6, 6.07) is 25.9. The number of rotatable bonds is 5. The maximum Gasteiger partial charge on any atom is 0.127 e. The highest BCUT2D eigenvalue weighted by Crippen LogP contribution is 2.29. The summed E-state index contributed by atoms with van der Waals surface area (Å²) in [6.45, 7) is 4.22. The van der Waals surface area contributed by atoms with Crippen molar-refractivity contribution in [3.05, 3.63) is 119 Å². The fraction of sp³-hybridized carbons (Fsp3) is 0.185. The Labute approximate surface area is 168 Å². The summed E-state index contributed by atoms with van der Waals surface area (Å²) in [5.74, 6) is 1.83. The molecule has 140 valence electrons. The molecule has 0 saturated carbocycles. The van der Waals surface area contributed by atoms with E-state index in [1.807, 2.05) is 12.1 Å². The summed E-state index contributed by atoms with van der Waals surface area (Å²) in [6.07, 6.45) is 7.39. The maximum atomic E-state index is 6.08. The van der Waals surface area contributed by atoms with Crippen LogP contribution in [0.3, 0.4) is 0 Å². The van der Waals surface area contributed by atoms with E-state index < -0.39 is 0 Å². The lowest BCUT2D eigenvalue weighted by atomic mass is 9.94. The second kappa shape index (κ2) is 8.31. The van der Waals surface area contributed by atoms with Crippen molar-refractivity contribution in [2.24, 2.45) is 0 Å². The quantitative estimate of drug-likeness (QED) is 0.471. The van der Waals surface area contributed by atoms with Gasteiger partial charge in [0.2, 0.25) is 0 Å². The Hall–Kier alpha value is -3.06. The summed E-state index contributed by atoms with van der Waals surface area (Å²) >= 11 is 0. The fourth-order valence-corrected chi connectivity index (χ4v) is 3.54. The van der Waals surface area contributed by atoms with Crippen molar-refractivity contribution in [2.75, 3.05) is 0 Å². The molecule has 3 aromatic rings. The van der Waals surface area contributed by atoms with Crippen LogP contribution < -0.4 is 4.74 Å². The van der Waals surface area contributed by atoms with E-state index in [4.69, 9.17) is 4.74 Å². The Balaban J connectivity index is 1.51. The summed E-state index contributed by atoms with van der Waals surface area (Å²) in [7, 11) is 0. The van der Waals surface area contributed by atoms with E-state index in [-0.39, 0.29) is 0 Å². The van der Waals surface area contributed by atoms with Crippen LogP contribution in [-0.2, 0) is 6.42 Å². The molecule has 0 bridgehead atoms. The number of aryl methyl sites for hydroxylation is 2. The van der Waals surface area contributed by atoms with Crippen LogP contribution in [0.15, 0.2) is 90.7 Å². The van der Waals surface area contributed by atoms with Gasteiger partial charge in [0.15, 0.2) is 0 Å². The van der Waals surface area contributed by atoms with Crippen molar-refractivity contribution in [1.82, 2.24) is 0 Å². The van der Waals surface area contributed by atoms with Gasteiger partial charge in [-0.25, -0.2) is 0 Å². The Bertz CT molecular complexity index is 1000. The Morgan fingerprint density at radius 2 is 1.50 bits per heavy atom. The van der Waals surface area contributed by atoms with Crippen LogP contribution in [-0.4, -0.2) is 0 Å². The average Bonchev–Trinajstić information content (AvgIpc) is 2.72. The highest BCUT2D eigenvalue weighted by atomic mass is 16.5. The molecule has 3 aromatic carbocycles. The zero-order valence-corrected chi connectivity index (χ0v) is 16.6. The number of hydrogen-bond acceptors (Lipinski definition) is 1. The number of allylic oxidation sites excluding steroid dienone is 3. The topological polar surface area (TPSA) is 9.23 Å². The SMILES string of the molecule is Cc1ccc(Cc2cccc(C3=CC(Oc4ccc(C)cc4)=CCC3)c2)cc1. The minimum Gasteiger partial charge on any atom is -0.458 e. The molecular formula is C27H26O. The minimum atomic E-state index is 0.891. The molecular weight excluding hydrogens is 340 g/mol. The maximum absolute atomic E-state index is 6.08. The van der Waals surface area contributed by atoms with Crippen molar-refractivity contribution in [3.63, 3.8) is 0 Å². The summed E-state index contributed by atoms with van der Waals surface area (Å²) in [5, 5.41) is 0. The molecule has 1 nitrogen and oxygen atoms in total. The van der Waals surface area contributed by atoms with Gasteiger partial charge in [-0.2, -0.15) is 0 Å². The van der Waals surface area contributed by atoms with E-state index in [0.717, 1.165) is 30.8 Å². The first-order chi connectivity index (χ1) is 13.7. The normalized spacial score (nSPS) is 13.6. The highest BCUT2D eigenvalue weighted by molar-refractivity contribution is 5.69. The van der Waals surface area contributed by atoms with Gasteiger partial charge in [-0.05, 0) is 79.7 Å². The summed E-state index contributed by atoms with van der Waals surface area (Å²) in [4.78, 5) is 0. The van der Waals surface area contributed by atoms with Crippen LogP contribution in [0.1, 0.15) is 40.7 Å². The van der Waals surface area contributed by atoms with Crippen LogP contribution in [0.5, 0.6) is 5.75 Å². The van der Waals surface area contributed by atoms with Gasteiger partial charge in [-0.15, -0.1) is 0 Å². The molecule has 0 saturated heterocycles. The molecule has 0 N–H and O–H groups in total. The first-order valence-corrected chi connectivity index (χ1v) is 9.96. The number of ether oxygens (including phenoxy) is 1. The predicted octanol–water partition coefficient (Wildman–Crippen LogP) is 7.03. The van der Waals surface area contributed by atoms with Crippen molar-refractivity contribution in [3.8, 4) is 5.75 Å². The smallest absolute Gasteiger partial charge is 0.127 e. The Kier molecular flexibility index (Phi) is 5.43. The third-order valence-corrected chi connectivity index (χ3v) is 5.16. The van der Waals surface area contributed by atoms with Crippen LogP contribution in [0.4, 0.5) is 0 Å². The van der Waals surface area contributed by atoms with Gasteiger partial charge < -0.3 is 4.74 Å². The first kappa shape index (κ1) is 18.3. The van der Waals surface area contributed by atoms with Crippen molar-refractivity contribution >= 4 is 5.57 Å². The van der Waals surface area contributed by atoms with E-state index in [1.165, 1.54) is 33.4 Å². The largest absolute Gasteiger partial charge is 0.458 e. The van der Waals surface area contributed by atoms with Gasteiger partial charge in [0.05, 0.1) is 0 Å². The summed E-state index contributed by atoms with van der Waals surface area (Å²) < 4.78 is 6.08. The predicted molar refractivity (Wildman–Crippen MR) is 118 cm³/mol. The van der Waals surface area contributed by atoms with E-state index in [2.05, 4.69) is 86.7 Å². The molecule has 1 aliphatic carbocycles. The standard InChI is InChI=1S/C27H26O/c1-20-9-13-22(14-10-20)17-23-5-3-6-24(18-23)25-7-4-8-27(19-25)28-26-15-11-21(2)12-16-26/h3,5-6,8-16,18-19H,4,7,17H2,1-2H3. The molecule has 28 heavy (non-hydrogen) atoms. The lowest BCUT2D eigenvalue weighted by Crippen LogP contribution is -2.00. The third-order valence-electron chi connectivity index (χ3n) is 5.16. The van der Waals surface area contributed by atoms with E-state index in [9.17, 15) is 0 Å². The van der Waals surface area contributed by atoms with Crippen LogP contribution in [0, 0.1) is 13.8 Å². The molecule has 0 amide bonds. The molecule has 0 aromatic heterocycles. The van der Waals surface area contributed by atoms with Crippen LogP contribution in [0.2, 0.25) is 0 Å². The number of hydrogen-bond donors (Lipinski definition) is 0. The molecule has 1 aliphatic rings. The van der Waals surface area contributed by atoms with Crippen molar-refractivity contribution in [2.45, 2.75) is 33.1 Å². The molecule has 0 aliphatic heterocycles. The molecule has 0 atom stereocenters. The average molecular weight is 367 g/mol. The third kappa shape index (κ3) is 4.61. The zero-order valence-electron chi connectivity index (χ0n) is 16.6. The monoisotopic (exact) mass is 366 g/mol. The van der Waals surface area contributed by atoms with Gasteiger partial charge in [0.25, 0.3) is 0 Å². The molecule has 0 radical (unpaired) electrons. The van der Waals surface area contributed by atoms with E-state index in [1.54, 1.807) is 0 Å². The Morgan fingerprint density at radius 3 is 2.25 bits per heavy atom. The van der Waals surface area contributed by atoms with Crippen LogP contribution in [0.25, 0.3) is 5.57 Å². The molecule has 0 heterocycles. The highest BCUT2D eigenvalue weighted by Gasteiger charge is 2.10. The molecule has 0 fully saturated rings. The Morgan fingerprint density at radius 1 is 0.786 bits per heavy atom. The minimum absolute atomic E-state index is 0.891. The number of benzene rings is 3. The second-order valence-corrected chi connectivity index (χ2v) is 7.59. The van der Waals surface area contributed by atoms with E-state index in [0.29, 0.717) is 0 Å². The van der Waals surface area contributed by atoms with Gasteiger partial charge in [-0.3, -0.25) is 0 Å². The van der Waals surface area contributed by atoms with Crippen molar-refractivity contribution < 1.29 is 4.74 Å². The molecule has 4 rings (SSSR count). The molecule has 0 unspecified atom stereocenters. The van der Waals surface area contributed by atoms with Gasteiger partial charge in [0.1, 0.15) is 11.5 Å². The first-order valence-electron chi connectivity index (χ1n) is 9.96. The van der Waals surface area contributed by atoms with Gasteiger partial charge >= 0.3 is 0 Å². The summed E-state index contributed by atoms with van der Waals surface area (Å²) in [5.41, 5.74) is 7.88. The second-order valence-electron chi connectivity index (χ2n) is 7.59. The lowest BCUT2D eigenvalue weighted by Gasteiger charge is -2.16.